The summed E-state index contributed by atoms with van der Waals surface area (Å²) in [5.74, 6) is 0. The smallest absolute Gasteiger partial charge is 0.321 e. The zero-order valence-electron chi connectivity index (χ0n) is 7.41. The summed E-state index contributed by atoms with van der Waals surface area (Å²) in [5.41, 5.74) is 0. The Hall–Kier alpha value is -0.0500. The van der Waals surface area contributed by atoms with Crippen LogP contribution in [-0.2, 0) is 9.09 Å². The fraction of sp³-hybridized carbons (Fsp3) is 0.250. The van der Waals surface area contributed by atoms with E-state index >= 15 is 0 Å². The van der Waals surface area contributed by atoms with E-state index in [1.54, 1.807) is 6.92 Å². The zero-order chi connectivity index (χ0) is 10.8. The van der Waals surface area contributed by atoms with Gasteiger partial charge in [0.1, 0.15) is 0 Å². The molecule has 1 aromatic rings. The van der Waals surface area contributed by atoms with E-state index in [1.807, 2.05) is 0 Å². The molecular weight excluding hydrogens is 246 g/mol. The third-order valence-corrected chi connectivity index (χ3v) is 3.80. The summed E-state index contributed by atoms with van der Waals surface area (Å²) in [4.78, 5) is 9.46. The highest BCUT2D eigenvalue weighted by Crippen LogP contribution is 2.42. The van der Waals surface area contributed by atoms with Gasteiger partial charge < -0.3 is 9.42 Å². The Labute approximate surface area is 92.1 Å². The summed E-state index contributed by atoms with van der Waals surface area (Å²) in [6.07, 6.45) is 0. The van der Waals surface area contributed by atoms with Crippen LogP contribution in [0, 0.1) is 0 Å². The van der Waals surface area contributed by atoms with Crippen LogP contribution in [0.2, 0.25) is 10.0 Å². The molecule has 1 N–H and O–H groups in total. The van der Waals surface area contributed by atoms with Crippen LogP contribution in [0.5, 0.6) is 0 Å². The molecule has 0 heterocycles. The Balaban J connectivity index is 3.13. The van der Waals surface area contributed by atoms with Crippen molar-refractivity contribution in [2.75, 3.05) is 6.61 Å². The lowest BCUT2D eigenvalue weighted by atomic mass is 10.4. The lowest BCUT2D eigenvalue weighted by molar-refractivity contribution is 0.284. The summed E-state index contributed by atoms with van der Waals surface area (Å²) >= 11 is 11.4. The summed E-state index contributed by atoms with van der Waals surface area (Å²) in [6, 6.07) is 4.28. The molecule has 14 heavy (non-hydrogen) atoms. The van der Waals surface area contributed by atoms with Crippen LogP contribution in [0.25, 0.3) is 0 Å². The predicted molar refractivity (Wildman–Crippen MR) is 57.5 cm³/mol. The normalized spacial score (nSPS) is 15.1. The molecule has 0 saturated carbocycles. The average molecular weight is 255 g/mol. The van der Waals surface area contributed by atoms with Gasteiger partial charge in [0.2, 0.25) is 0 Å². The van der Waals surface area contributed by atoms with Gasteiger partial charge in [0.25, 0.3) is 0 Å². The molecule has 1 aromatic carbocycles. The molecule has 1 rings (SSSR count). The van der Waals surface area contributed by atoms with Crippen molar-refractivity contribution in [1.82, 2.24) is 0 Å². The van der Waals surface area contributed by atoms with Gasteiger partial charge in [-0.3, -0.25) is 4.57 Å². The summed E-state index contributed by atoms with van der Waals surface area (Å²) in [7, 11) is -3.79. The van der Waals surface area contributed by atoms with Crippen LogP contribution < -0.4 is 5.30 Å². The van der Waals surface area contributed by atoms with Gasteiger partial charge in [-0.1, -0.05) is 23.2 Å². The molecule has 0 aromatic heterocycles. The highest BCUT2D eigenvalue weighted by Gasteiger charge is 2.24. The molecule has 0 bridgehead atoms. The summed E-state index contributed by atoms with van der Waals surface area (Å²) < 4.78 is 16.3. The molecule has 1 atom stereocenters. The summed E-state index contributed by atoms with van der Waals surface area (Å²) in [5, 5.41) is 0.623. The van der Waals surface area contributed by atoms with Gasteiger partial charge in [-0.2, -0.15) is 0 Å². The molecule has 1 unspecified atom stereocenters. The minimum absolute atomic E-state index is 0.0745. The fourth-order valence-corrected chi connectivity index (χ4v) is 2.77. The van der Waals surface area contributed by atoms with Gasteiger partial charge in [-0.05, 0) is 25.1 Å². The van der Waals surface area contributed by atoms with Crippen LogP contribution in [0.1, 0.15) is 6.92 Å². The van der Waals surface area contributed by atoms with Crippen LogP contribution in [0.15, 0.2) is 18.2 Å². The Morgan fingerprint density at radius 3 is 2.64 bits per heavy atom. The third-order valence-electron chi connectivity index (χ3n) is 1.52. The topological polar surface area (TPSA) is 46.5 Å². The molecule has 0 saturated heterocycles. The molecule has 0 aliphatic heterocycles. The molecule has 0 radical (unpaired) electrons. The zero-order valence-corrected chi connectivity index (χ0v) is 9.81. The van der Waals surface area contributed by atoms with E-state index in [0.29, 0.717) is 5.02 Å². The third kappa shape index (κ3) is 2.72. The van der Waals surface area contributed by atoms with Crippen LogP contribution in [0.4, 0.5) is 0 Å². The van der Waals surface area contributed by atoms with Gasteiger partial charge >= 0.3 is 7.60 Å². The SMILES string of the molecule is CCOP(=O)(O)c1ccc(Cl)cc1Cl. The number of halogens is 2. The lowest BCUT2D eigenvalue weighted by Gasteiger charge is -2.12. The maximum atomic E-state index is 11.6. The first-order valence-electron chi connectivity index (χ1n) is 3.90. The molecule has 0 spiro atoms. The first kappa shape index (κ1) is 12.0. The van der Waals surface area contributed by atoms with E-state index in [4.69, 9.17) is 27.7 Å². The van der Waals surface area contributed by atoms with Crippen molar-refractivity contribution in [2.24, 2.45) is 0 Å². The van der Waals surface area contributed by atoms with Crippen molar-refractivity contribution in [3.05, 3.63) is 28.2 Å². The van der Waals surface area contributed by atoms with Gasteiger partial charge in [0.05, 0.1) is 16.9 Å². The summed E-state index contributed by atoms with van der Waals surface area (Å²) in [6.45, 7) is 1.78. The number of hydrogen-bond acceptors (Lipinski definition) is 2. The molecule has 0 amide bonds. The fourth-order valence-electron chi connectivity index (χ4n) is 0.955. The van der Waals surface area contributed by atoms with Gasteiger partial charge in [-0.25, -0.2) is 0 Å². The monoisotopic (exact) mass is 254 g/mol. The Kier molecular flexibility index (Phi) is 3.99. The van der Waals surface area contributed by atoms with Crippen LogP contribution in [0.3, 0.4) is 0 Å². The quantitative estimate of drug-likeness (QED) is 0.844. The molecule has 0 fully saturated rings. The van der Waals surface area contributed by atoms with Crippen molar-refractivity contribution in [3.8, 4) is 0 Å². The van der Waals surface area contributed by atoms with Crippen molar-refractivity contribution < 1.29 is 14.0 Å². The van der Waals surface area contributed by atoms with Gasteiger partial charge in [-0.15, -0.1) is 0 Å². The molecule has 0 aliphatic rings. The molecule has 6 heteroatoms. The molecular formula is C8H9Cl2O3P. The van der Waals surface area contributed by atoms with E-state index in [2.05, 4.69) is 0 Å². The maximum Gasteiger partial charge on any atom is 0.360 e. The maximum absolute atomic E-state index is 11.6. The number of rotatable bonds is 3. The van der Waals surface area contributed by atoms with E-state index in [-0.39, 0.29) is 16.9 Å². The Morgan fingerprint density at radius 2 is 2.14 bits per heavy atom. The highest BCUT2D eigenvalue weighted by molar-refractivity contribution is 7.61. The minimum Gasteiger partial charge on any atom is -0.321 e. The molecule has 78 valence electrons. The van der Waals surface area contributed by atoms with Crippen molar-refractivity contribution in [2.45, 2.75) is 6.92 Å². The largest absolute Gasteiger partial charge is 0.360 e. The van der Waals surface area contributed by atoms with Crippen molar-refractivity contribution in [1.29, 1.82) is 0 Å². The minimum atomic E-state index is -3.79. The van der Waals surface area contributed by atoms with Gasteiger partial charge in [0, 0.05) is 5.02 Å². The van der Waals surface area contributed by atoms with Crippen molar-refractivity contribution in [3.63, 3.8) is 0 Å². The number of benzene rings is 1. The van der Waals surface area contributed by atoms with Crippen LogP contribution in [-0.4, -0.2) is 11.5 Å². The standard InChI is InChI=1S/C8H9Cl2O3P/c1-2-13-14(11,12)8-4-3-6(9)5-7(8)10/h3-5H,2H2,1H3,(H,11,12). The second-order valence-corrected chi connectivity index (χ2v) is 5.16. The predicted octanol–water partition coefficient (Wildman–Crippen LogP) is 2.84. The molecule has 0 aliphatic carbocycles. The van der Waals surface area contributed by atoms with Crippen molar-refractivity contribution >= 4 is 36.1 Å². The average Bonchev–Trinajstić information content (AvgIpc) is 2.02. The van der Waals surface area contributed by atoms with E-state index < -0.39 is 7.60 Å². The first-order valence-corrected chi connectivity index (χ1v) is 6.23. The van der Waals surface area contributed by atoms with Gasteiger partial charge in [0.15, 0.2) is 0 Å². The van der Waals surface area contributed by atoms with E-state index in [9.17, 15) is 9.46 Å². The molecule has 3 nitrogen and oxygen atoms in total. The second-order valence-electron chi connectivity index (χ2n) is 2.53. The van der Waals surface area contributed by atoms with Crippen LogP contribution >= 0.6 is 30.8 Å². The Morgan fingerprint density at radius 1 is 1.50 bits per heavy atom. The number of hydrogen-bond donors (Lipinski definition) is 1. The first-order chi connectivity index (χ1) is 6.47. The Bertz CT molecular complexity index is 381. The van der Waals surface area contributed by atoms with E-state index in [0.717, 1.165) is 0 Å². The second kappa shape index (κ2) is 4.65. The highest BCUT2D eigenvalue weighted by atomic mass is 35.5. The van der Waals surface area contributed by atoms with E-state index in [1.165, 1.54) is 18.2 Å². The lowest BCUT2D eigenvalue weighted by Crippen LogP contribution is -2.08.